The zero-order valence-electron chi connectivity index (χ0n) is 16.2. The lowest BCUT2D eigenvalue weighted by Gasteiger charge is -2.10. The SMILES string of the molecule is C#Cc1ccc(N=C/C(C(=O)NCCC)=C(\O)c2cccc3ccccc23)cc1. The maximum absolute atomic E-state index is 12.7. The highest BCUT2D eigenvalue weighted by Crippen LogP contribution is 2.26. The monoisotopic (exact) mass is 382 g/mol. The molecule has 0 aliphatic carbocycles. The number of rotatable bonds is 6. The van der Waals surface area contributed by atoms with Crippen molar-refractivity contribution in [2.45, 2.75) is 13.3 Å². The largest absolute Gasteiger partial charge is 0.506 e. The van der Waals surface area contributed by atoms with Crippen molar-refractivity contribution in [2.24, 2.45) is 4.99 Å². The molecule has 0 heterocycles. The molecule has 3 aromatic carbocycles. The summed E-state index contributed by atoms with van der Waals surface area (Å²) in [6.45, 7) is 2.48. The van der Waals surface area contributed by atoms with Crippen LogP contribution in [-0.2, 0) is 4.79 Å². The number of aliphatic hydroxyl groups is 1. The van der Waals surface area contributed by atoms with Crippen LogP contribution >= 0.6 is 0 Å². The maximum Gasteiger partial charge on any atom is 0.256 e. The van der Waals surface area contributed by atoms with Crippen molar-refractivity contribution < 1.29 is 9.90 Å². The first-order chi connectivity index (χ1) is 14.1. The Balaban J connectivity index is 2.06. The summed E-state index contributed by atoms with van der Waals surface area (Å²) < 4.78 is 0. The predicted octanol–water partition coefficient (Wildman–Crippen LogP) is 5.02. The summed E-state index contributed by atoms with van der Waals surface area (Å²) in [7, 11) is 0. The number of amides is 1. The molecule has 29 heavy (non-hydrogen) atoms. The number of fused-ring (bicyclic) bond motifs is 1. The molecular formula is C25H22N2O2. The highest BCUT2D eigenvalue weighted by atomic mass is 16.3. The van der Waals surface area contributed by atoms with Gasteiger partial charge in [-0.05, 0) is 41.5 Å². The third-order valence-corrected chi connectivity index (χ3v) is 4.46. The van der Waals surface area contributed by atoms with E-state index in [4.69, 9.17) is 6.42 Å². The van der Waals surface area contributed by atoms with Gasteiger partial charge in [0.2, 0.25) is 0 Å². The van der Waals surface area contributed by atoms with Gasteiger partial charge in [-0.3, -0.25) is 9.79 Å². The molecule has 0 aromatic heterocycles. The Labute approximate surface area is 170 Å². The second kappa shape index (κ2) is 9.38. The van der Waals surface area contributed by atoms with Crippen molar-refractivity contribution >= 4 is 34.3 Å². The van der Waals surface area contributed by atoms with Crippen LogP contribution in [0.3, 0.4) is 0 Å². The van der Waals surface area contributed by atoms with Gasteiger partial charge < -0.3 is 10.4 Å². The molecule has 3 rings (SSSR count). The number of benzene rings is 3. The maximum atomic E-state index is 12.7. The number of aliphatic imine (C=N–C) groups is 1. The molecule has 1 amide bonds. The number of hydrogen-bond donors (Lipinski definition) is 2. The van der Waals surface area contributed by atoms with Gasteiger partial charge >= 0.3 is 0 Å². The van der Waals surface area contributed by atoms with E-state index in [9.17, 15) is 9.90 Å². The number of nitrogens with zero attached hydrogens (tertiary/aromatic N) is 1. The standard InChI is InChI=1S/C25H22N2O2/c1-3-16-26-25(29)23(17-27-20-14-12-18(4-2)13-15-20)24(28)22-11-7-9-19-8-5-6-10-21(19)22/h2,5-15,17,28H,3,16H2,1H3,(H,26,29)/b24-23+,27-17?. The minimum absolute atomic E-state index is 0.107. The van der Waals surface area contributed by atoms with Gasteiger partial charge in [0, 0.05) is 23.9 Å². The molecule has 144 valence electrons. The van der Waals surface area contributed by atoms with Crippen LogP contribution in [0, 0.1) is 12.3 Å². The number of nitrogens with one attached hydrogen (secondary N) is 1. The van der Waals surface area contributed by atoms with E-state index in [0.717, 1.165) is 22.8 Å². The molecule has 4 nitrogen and oxygen atoms in total. The van der Waals surface area contributed by atoms with Crippen LogP contribution in [-0.4, -0.2) is 23.8 Å². The molecule has 0 fully saturated rings. The summed E-state index contributed by atoms with van der Waals surface area (Å²) in [5, 5.41) is 15.7. The van der Waals surface area contributed by atoms with Gasteiger partial charge in [0.15, 0.2) is 0 Å². The minimum Gasteiger partial charge on any atom is -0.506 e. The second-order valence-corrected chi connectivity index (χ2v) is 6.49. The van der Waals surface area contributed by atoms with Gasteiger partial charge in [-0.15, -0.1) is 6.42 Å². The molecule has 0 atom stereocenters. The zero-order valence-corrected chi connectivity index (χ0v) is 16.2. The van der Waals surface area contributed by atoms with E-state index in [1.165, 1.54) is 6.21 Å². The smallest absolute Gasteiger partial charge is 0.256 e. The molecule has 0 spiro atoms. The van der Waals surface area contributed by atoms with Gasteiger partial charge in [0.25, 0.3) is 5.91 Å². The molecular weight excluding hydrogens is 360 g/mol. The van der Waals surface area contributed by atoms with Crippen LogP contribution < -0.4 is 5.32 Å². The van der Waals surface area contributed by atoms with E-state index >= 15 is 0 Å². The van der Waals surface area contributed by atoms with Gasteiger partial charge in [-0.25, -0.2) is 0 Å². The Morgan fingerprint density at radius 3 is 2.55 bits per heavy atom. The van der Waals surface area contributed by atoms with E-state index in [0.29, 0.717) is 17.8 Å². The fourth-order valence-electron chi connectivity index (χ4n) is 2.92. The molecule has 0 saturated carbocycles. The van der Waals surface area contributed by atoms with E-state index in [1.54, 1.807) is 30.3 Å². The van der Waals surface area contributed by atoms with Crippen LogP contribution in [0.5, 0.6) is 0 Å². The zero-order chi connectivity index (χ0) is 20.6. The van der Waals surface area contributed by atoms with E-state index in [1.807, 2.05) is 43.3 Å². The normalized spacial score (nSPS) is 11.9. The van der Waals surface area contributed by atoms with Crippen molar-refractivity contribution in [2.75, 3.05) is 6.54 Å². The predicted molar refractivity (Wildman–Crippen MR) is 119 cm³/mol. The topological polar surface area (TPSA) is 61.7 Å². The van der Waals surface area contributed by atoms with Crippen molar-refractivity contribution in [3.8, 4) is 12.3 Å². The number of carbonyl (C=O) groups excluding carboxylic acids is 1. The summed E-state index contributed by atoms with van der Waals surface area (Å²) in [6.07, 6.45) is 7.56. The third-order valence-electron chi connectivity index (χ3n) is 4.46. The molecule has 2 N–H and O–H groups in total. The lowest BCUT2D eigenvalue weighted by molar-refractivity contribution is -0.116. The fourth-order valence-corrected chi connectivity index (χ4v) is 2.92. The second-order valence-electron chi connectivity index (χ2n) is 6.49. The number of terminal acetylenes is 1. The van der Waals surface area contributed by atoms with Gasteiger partial charge in [-0.2, -0.15) is 0 Å². The van der Waals surface area contributed by atoms with Crippen LogP contribution in [0.4, 0.5) is 5.69 Å². The van der Waals surface area contributed by atoms with Crippen LogP contribution in [0.25, 0.3) is 16.5 Å². The quantitative estimate of drug-likeness (QED) is 0.272. The van der Waals surface area contributed by atoms with Gasteiger partial charge in [-0.1, -0.05) is 55.3 Å². The molecule has 0 bridgehead atoms. The molecule has 0 radical (unpaired) electrons. The summed E-state index contributed by atoms with van der Waals surface area (Å²) in [6, 6.07) is 20.4. The van der Waals surface area contributed by atoms with Crippen LogP contribution in [0.1, 0.15) is 24.5 Å². The Morgan fingerprint density at radius 2 is 1.83 bits per heavy atom. The van der Waals surface area contributed by atoms with Crippen molar-refractivity contribution in [1.29, 1.82) is 0 Å². The Kier molecular flexibility index (Phi) is 6.44. The van der Waals surface area contributed by atoms with Crippen LogP contribution in [0.15, 0.2) is 77.3 Å². The summed E-state index contributed by atoms with van der Waals surface area (Å²) in [5.41, 5.74) is 2.07. The first-order valence-corrected chi connectivity index (χ1v) is 9.44. The van der Waals surface area contributed by atoms with E-state index < -0.39 is 0 Å². The highest BCUT2D eigenvalue weighted by molar-refractivity contribution is 6.18. The average Bonchev–Trinajstić information content (AvgIpc) is 2.77. The molecule has 4 heteroatoms. The van der Waals surface area contributed by atoms with Crippen molar-refractivity contribution in [3.05, 3.63) is 83.4 Å². The third kappa shape index (κ3) is 4.72. The average molecular weight is 382 g/mol. The fraction of sp³-hybridized carbons (Fsp3) is 0.120. The summed E-state index contributed by atoms with van der Waals surface area (Å²) >= 11 is 0. The minimum atomic E-state index is -0.374. The molecule has 3 aromatic rings. The first kappa shape index (κ1) is 19.9. The number of hydrogen-bond acceptors (Lipinski definition) is 3. The van der Waals surface area contributed by atoms with E-state index in [-0.39, 0.29) is 17.2 Å². The molecule has 0 saturated heterocycles. The van der Waals surface area contributed by atoms with E-state index in [2.05, 4.69) is 16.2 Å². The lowest BCUT2D eigenvalue weighted by Crippen LogP contribution is -2.27. The summed E-state index contributed by atoms with van der Waals surface area (Å²) in [5.74, 6) is 2.07. The first-order valence-electron chi connectivity index (χ1n) is 9.44. The molecule has 0 aliphatic rings. The Hall–Kier alpha value is -3.84. The number of carbonyl (C=O) groups is 1. The van der Waals surface area contributed by atoms with Crippen molar-refractivity contribution in [3.63, 3.8) is 0 Å². The Bertz CT molecular complexity index is 1110. The lowest BCUT2D eigenvalue weighted by atomic mass is 10.0. The number of aliphatic hydroxyl groups excluding tert-OH is 1. The molecule has 0 aliphatic heterocycles. The highest BCUT2D eigenvalue weighted by Gasteiger charge is 2.16. The van der Waals surface area contributed by atoms with Gasteiger partial charge in [0.1, 0.15) is 5.76 Å². The van der Waals surface area contributed by atoms with Crippen molar-refractivity contribution in [1.82, 2.24) is 5.32 Å². The van der Waals surface area contributed by atoms with Crippen LogP contribution in [0.2, 0.25) is 0 Å². The Morgan fingerprint density at radius 1 is 1.10 bits per heavy atom. The summed E-state index contributed by atoms with van der Waals surface area (Å²) in [4.78, 5) is 17.1. The van der Waals surface area contributed by atoms with Gasteiger partial charge in [0.05, 0.1) is 11.3 Å². The molecule has 0 unspecified atom stereocenters.